The molecule has 0 radical (unpaired) electrons. The molecule has 0 saturated carbocycles. The molecule has 1 aromatic rings. The first-order valence-electron chi connectivity index (χ1n) is 4.85. The molecule has 0 aliphatic heterocycles. The van der Waals surface area contributed by atoms with Crippen LogP contribution in [0.2, 0.25) is 0 Å². The third-order valence-electron chi connectivity index (χ3n) is 2.00. The Labute approximate surface area is 105 Å². The molecule has 1 rings (SSSR count). The predicted octanol–water partition coefficient (Wildman–Crippen LogP) is 1.34. The smallest absolute Gasteiger partial charge is 0.208 e. The van der Waals surface area contributed by atoms with Gasteiger partial charge in [0.1, 0.15) is 5.69 Å². The summed E-state index contributed by atoms with van der Waals surface area (Å²) in [6.45, 7) is -0.635. The van der Waals surface area contributed by atoms with Crippen LogP contribution in [0.15, 0.2) is 0 Å². The van der Waals surface area contributed by atoms with E-state index in [0.717, 1.165) is 6.26 Å². The monoisotopic (exact) mass is 304 g/mol. The Morgan fingerprint density at radius 2 is 1.26 bits per heavy atom. The van der Waals surface area contributed by atoms with Crippen LogP contribution in [0.3, 0.4) is 0 Å². The number of nitrogens with one attached hydrogen (secondary N) is 2. The predicted molar refractivity (Wildman–Crippen MR) is 57.6 cm³/mol. The number of sulfonamides is 1. The zero-order valence-corrected chi connectivity index (χ0v) is 10.3. The molecule has 0 aliphatic carbocycles. The number of rotatable bonds is 5. The zero-order valence-electron chi connectivity index (χ0n) is 9.53. The third-order valence-corrected chi connectivity index (χ3v) is 2.73. The van der Waals surface area contributed by atoms with Gasteiger partial charge in [-0.3, -0.25) is 0 Å². The standard InChI is InChI=1S/C9H9F5N2O2S/c1-19(17,18)16-3-2-15-9-7(13)5(11)4(10)6(12)8(9)14/h15-16H,2-3H2,1H3. The summed E-state index contributed by atoms with van der Waals surface area (Å²) in [5.74, 6) is -10.4. The van der Waals surface area contributed by atoms with Gasteiger partial charge < -0.3 is 5.32 Å². The molecule has 0 heterocycles. The minimum absolute atomic E-state index is 0.279. The van der Waals surface area contributed by atoms with Crippen LogP contribution in [0, 0.1) is 29.1 Å². The van der Waals surface area contributed by atoms with E-state index in [1.807, 2.05) is 10.0 Å². The number of benzene rings is 1. The maximum atomic E-state index is 13.1. The van der Waals surface area contributed by atoms with E-state index in [0.29, 0.717) is 0 Å². The molecule has 0 fully saturated rings. The van der Waals surface area contributed by atoms with E-state index in [1.165, 1.54) is 0 Å². The summed E-state index contributed by atoms with van der Waals surface area (Å²) in [6, 6.07) is 0. The number of anilines is 1. The molecule has 108 valence electrons. The second-order valence-electron chi connectivity index (χ2n) is 3.54. The van der Waals surface area contributed by atoms with Gasteiger partial charge in [-0.2, -0.15) is 0 Å². The molecule has 0 unspecified atom stereocenters. The molecule has 1 aromatic carbocycles. The summed E-state index contributed by atoms with van der Waals surface area (Å²) >= 11 is 0. The van der Waals surface area contributed by atoms with E-state index in [2.05, 4.69) is 0 Å². The molecule has 0 aromatic heterocycles. The molecule has 2 N–H and O–H groups in total. The molecular formula is C9H9F5N2O2S. The van der Waals surface area contributed by atoms with Gasteiger partial charge in [-0.05, 0) is 0 Å². The Morgan fingerprint density at radius 3 is 1.68 bits per heavy atom. The fourth-order valence-corrected chi connectivity index (χ4v) is 1.66. The largest absolute Gasteiger partial charge is 0.379 e. The third kappa shape index (κ3) is 3.77. The van der Waals surface area contributed by atoms with E-state index < -0.39 is 44.8 Å². The first-order valence-corrected chi connectivity index (χ1v) is 6.74. The SMILES string of the molecule is CS(=O)(=O)NCCNc1c(F)c(F)c(F)c(F)c1F. The molecule has 10 heteroatoms. The van der Waals surface area contributed by atoms with Gasteiger partial charge in [-0.25, -0.2) is 35.1 Å². The second-order valence-corrected chi connectivity index (χ2v) is 5.37. The molecule has 0 aliphatic rings. The van der Waals surface area contributed by atoms with Crippen LogP contribution in [0.5, 0.6) is 0 Å². The summed E-state index contributed by atoms with van der Waals surface area (Å²) in [5, 5.41) is 1.94. The Morgan fingerprint density at radius 1 is 0.842 bits per heavy atom. The fourth-order valence-electron chi connectivity index (χ4n) is 1.18. The Balaban J connectivity index is 2.85. The quantitative estimate of drug-likeness (QED) is 0.373. The Kier molecular flexibility index (Phi) is 4.69. The Bertz CT molecular complexity index is 562. The van der Waals surface area contributed by atoms with Crippen LogP contribution < -0.4 is 10.0 Å². The van der Waals surface area contributed by atoms with Gasteiger partial charge in [0.15, 0.2) is 23.3 Å². The summed E-state index contributed by atoms with van der Waals surface area (Å²) < 4.78 is 87.9. The highest BCUT2D eigenvalue weighted by Gasteiger charge is 2.25. The second kappa shape index (κ2) is 5.70. The van der Waals surface area contributed by atoms with Crippen molar-refractivity contribution in [3.8, 4) is 0 Å². The minimum atomic E-state index is -3.51. The average molecular weight is 304 g/mol. The maximum Gasteiger partial charge on any atom is 0.208 e. The van der Waals surface area contributed by atoms with Gasteiger partial charge in [0, 0.05) is 13.1 Å². The molecule has 0 spiro atoms. The first kappa shape index (κ1) is 15.6. The number of hydrogen-bond acceptors (Lipinski definition) is 3. The lowest BCUT2D eigenvalue weighted by molar-refractivity contribution is 0.381. The van der Waals surface area contributed by atoms with Gasteiger partial charge in [0.25, 0.3) is 0 Å². The highest BCUT2D eigenvalue weighted by molar-refractivity contribution is 7.88. The van der Waals surface area contributed by atoms with E-state index >= 15 is 0 Å². The summed E-state index contributed by atoms with van der Waals surface area (Å²) in [5.41, 5.74) is -1.20. The molecule has 0 saturated heterocycles. The fraction of sp³-hybridized carbons (Fsp3) is 0.333. The van der Waals surface area contributed by atoms with E-state index in [1.54, 1.807) is 0 Å². The van der Waals surface area contributed by atoms with Crippen LogP contribution in [0.4, 0.5) is 27.6 Å². The topological polar surface area (TPSA) is 58.2 Å². The van der Waals surface area contributed by atoms with E-state index in [4.69, 9.17) is 0 Å². The van der Waals surface area contributed by atoms with Crippen molar-refractivity contribution in [1.82, 2.24) is 4.72 Å². The van der Waals surface area contributed by atoms with Crippen LogP contribution >= 0.6 is 0 Å². The van der Waals surface area contributed by atoms with E-state index in [-0.39, 0.29) is 13.1 Å². The van der Waals surface area contributed by atoms with Crippen LogP contribution in [0.1, 0.15) is 0 Å². The van der Waals surface area contributed by atoms with Gasteiger partial charge in [-0.1, -0.05) is 0 Å². The highest BCUT2D eigenvalue weighted by Crippen LogP contribution is 2.26. The maximum absolute atomic E-state index is 13.1. The Hall–Kier alpha value is -1.42. The summed E-state index contributed by atoms with van der Waals surface area (Å²) in [4.78, 5) is 0. The lowest BCUT2D eigenvalue weighted by atomic mass is 10.2. The van der Waals surface area contributed by atoms with Crippen molar-refractivity contribution in [3.63, 3.8) is 0 Å². The zero-order chi connectivity index (χ0) is 14.8. The molecule has 0 bridgehead atoms. The van der Waals surface area contributed by atoms with Crippen LogP contribution in [-0.2, 0) is 10.0 Å². The molecule has 0 amide bonds. The van der Waals surface area contributed by atoms with Crippen LogP contribution in [-0.4, -0.2) is 27.8 Å². The molecular weight excluding hydrogens is 295 g/mol. The summed E-state index contributed by atoms with van der Waals surface area (Å²) in [7, 11) is -3.51. The first-order chi connectivity index (χ1) is 8.65. The van der Waals surface area contributed by atoms with Crippen molar-refractivity contribution >= 4 is 15.7 Å². The number of hydrogen-bond donors (Lipinski definition) is 2. The lowest BCUT2D eigenvalue weighted by Crippen LogP contribution is -2.28. The van der Waals surface area contributed by atoms with Crippen molar-refractivity contribution in [2.75, 3.05) is 24.7 Å². The van der Waals surface area contributed by atoms with Gasteiger partial charge in [0.05, 0.1) is 6.26 Å². The number of halogens is 5. The van der Waals surface area contributed by atoms with Crippen molar-refractivity contribution in [3.05, 3.63) is 29.1 Å². The lowest BCUT2D eigenvalue weighted by Gasteiger charge is -2.10. The average Bonchev–Trinajstić information content (AvgIpc) is 2.32. The van der Waals surface area contributed by atoms with E-state index in [9.17, 15) is 30.4 Å². The minimum Gasteiger partial charge on any atom is -0.379 e. The van der Waals surface area contributed by atoms with Gasteiger partial charge in [0.2, 0.25) is 15.8 Å². The molecule has 19 heavy (non-hydrogen) atoms. The van der Waals surface area contributed by atoms with Gasteiger partial charge >= 0.3 is 0 Å². The van der Waals surface area contributed by atoms with Crippen molar-refractivity contribution in [2.45, 2.75) is 0 Å². The molecule has 0 atom stereocenters. The van der Waals surface area contributed by atoms with Crippen molar-refractivity contribution < 1.29 is 30.4 Å². The molecule has 4 nitrogen and oxygen atoms in total. The summed E-state index contributed by atoms with van der Waals surface area (Å²) in [6.07, 6.45) is 0.853. The van der Waals surface area contributed by atoms with Gasteiger partial charge in [-0.15, -0.1) is 0 Å². The normalized spacial score (nSPS) is 11.7. The van der Waals surface area contributed by atoms with Crippen molar-refractivity contribution in [2.24, 2.45) is 0 Å². The highest BCUT2D eigenvalue weighted by atomic mass is 32.2. The van der Waals surface area contributed by atoms with Crippen LogP contribution in [0.25, 0.3) is 0 Å². The van der Waals surface area contributed by atoms with Crippen molar-refractivity contribution in [1.29, 1.82) is 0 Å².